The quantitative estimate of drug-likeness (QED) is 0.758. The number of hydrogen-bond donors (Lipinski definition) is 0. The van der Waals surface area contributed by atoms with Crippen LogP contribution in [-0.2, 0) is 20.8 Å². The molecule has 2 saturated heterocycles. The molecule has 0 saturated carbocycles. The smallest absolute Gasteiger partial charge is 0.259 e. The molecule has 1 unspecified atom stereocenters. The number of aliphatic imine (C=N–C) groups is 1. The largest absolute Gasteiger partial charge is 0.494 e. The second-order valence-corrected chi connectivity index (χ2v) is 7.60. The van der Waals surface area contributed by atoms with Crippen LogP contribution in [0.2, 0.25) is 0 Å². The molecule has 1 amide bonds. The summed E-state index contributed by atoms with van der Waals surface area (Å²) in [5, 5.41) is 4.24. The number of carbonyl (C=O) groups is 1. The van der Waals surface area contributed by atoms with Crippen molar-refractivity contribution < 1.29 is 14.3 Å². The van der Waals surface area contributed by atoms with Gasteiger partial charge in [-0.15, -0.1) is 0 Å². The van der Waals surface area contributed by atoms with Gasteiger partial charge in [-0.25, -0.2) is 4.68 Å². The molecule has 4 heterocycles. The summed E-state index contributed by atoms with van der Waals surface area (Å²) in [4.78, 5) is 19.5. The molecule has 0 aliphatic carbocycles. The number of nitrogens with zero attached hydrogens (tertiary/aromatic N) is 4. The Labute approximate surface area is 169 Å². The van der Waals surface area contributed by atoms with Crippen molar-refractivity contribution in [2.24, 2.45) is 4.99 Å². The van der Waals surface area contributed by atoms with Crippen molar-refractivity contribution in [2.75, 3.05) is 26.3 Å². The summed E-state index contributed by atoms with van der Waals surface area (Å²) in [6.45, 7) is 3.10. The third-order valence-electron chi connectivity index (χ3n) is 5.60. The van der Waals surface area contributed by atoms with Gasteiger partial charge in [-0.1, -0.05) is 12.1 Å². The molecule has 2 fully saturated rings. The molecular formula is C22H24N4O3. The number of carbonyl (C=O) groups excluding carboxylic acids is 1. The van der Waals surface area contributed by atoms with Crippen molar-refractivity contribution in [3.05, 3.63) is 59.6 Å². The van der Waals surface area contributed by atoms with Crippen molar-refractivity contribution in [3.63, 3.8) is 0 Å². The van der Waals surface area contributed by atoms with E-state index in [4.69, 9.17) is 9.47 Å². The Balaban J connectivity index is 1.28. The van der Waals surface area contributed by atoms with Crippen LogP contribution in [-0.4, -0.2) is 58.7 Å². The standard InChI is InChI=1S/C22H24N4O3/c27-22-21-19(23-10-8-20(21)29-15-18-3-1-12-28-18)14-25(22)13-16-4-6-17(7-5-16)26-11-2-9-24-26/h2,4-7,9,11,18H,1,3,8,10,12-15H2. The zero-order valence-electron chi connectivity index (χ0n) is 16.3. The van der Waals surface area contributed by atoms with E-state index in [1.165, 1.54) is 0 Å². The average molecular weight is 392 g/mol. The van der Waals surface area contributed by atoms with Crippen LogP contribution in [0.4, 0.5) is 0 Å². The maximum absolute atomic E-state index is 13.1. The Morgan fingerprint density at radius 1 is 1.24 bits per heavy atom. The van der Waals surface area contributed by atoms with Crippen LogP contribution < -0.4 is 0 Å². The van der Waals surface area contributed by atoms with Crippen molar-refractivity contribution >= 4 is 11.6 Å². The summed E-state index contributed by atoms with van der Waals surface area (Å²) < 4.78 is 13.5. The van der Waals surface area contributed by atoms with Gasteiger partial charge in [-0.05, 0) is 36.6 Å². The van der Waals surface area contributed by atoms with Gasteiger partial charge in [0.05, 0.1) is 24.0 Å². The molecule has 3 aliphatic heterocycles. The monoisotopic (exact) mass is 392 g/mol. The van der Waals surface area contributed by atoms with E-state index in [-0.39, 0.29) is 12.0 Å². The molecule has 150 valence electrons. The highest BCUT2D eigenvalue weighted by molar-refractivity contribution is 6.27. The Bertz CT molecular complexity index is 941. The molecule has 3 aliphatic rings. The van der Waals surface area contributed by atoms with Crippen LogP contribution in [0.15, 0.2) is 59.1 Å². The minimum atomic E-state index is 0.0157. The molecule has 7 heteroatoms. The van der Waals surface area contributed by atoms with Crippen LogP contribution in [0.1, 0.15) is 24.8 Å². The number of likely N-dealkylation sites (tertiary alicyclic amines) is 1. The van der Waals surface area contributed by atoms with E-state index in [0.29, 0.717) is 38.2 Å². The molecule has 29 heavy (non-hydrogen) atoms. The molecule has 1 aromatic carbocycles. The summed E-state index contributed by atoms with van der Waals surface area (Å²) in [5.74, 6) is 0.800. The van der Waals surface area contributed by atoms with Crippen molar-refractivity contribution in [1.82, 2.24) is 14.7 Å². The molecule has 7 nitrogen and oxygen atoms in total. The summed E-state index contributed by atoms with van der Waals surface area (Å²) >= 11 is 0. The van der Waals surface area contributed by atoms with Gasteiger partial charge in [-0.3, -0.25) is 9.79 Å². The highest BCUT2D eigenvalue weighted by atomic mass is 16.5. The van der Waals surface area contributed by atoms with Gasteiger partial charge < -0.3 is 14.4 Å². The Hall–Kier alpha value is -2.93. The Morgan fingerprint density at radius 3 is 2.90 bits per heavy atom. The summed E-state index contributed by atoms with van der Waals surface area (Å²) in [5.41, 5.74) is 3.60. The van der Waals surface area contributed by atoms with E-state index in [2.05, 4.69) is 10.1 Å². The number of benzene rings is 1. The first kappa shape index (κ1) is 18.1. The lowest BCUT2D eigenvalue weighted by Crippen LogP contribution is -2.25. The van der Waals surface area contributed by atoms with Crippen LogP contribution in [0.25, 0.3) is 5.69 Å². The van der Waals surface area contributed by atoms with Gasteiger partial charge in [0.15, 0.2) is 0 Å². The number of aromatic nitrogens is 2. The molecule has 0 bridgehead atoms. The third-order valence-corrected chi connectivity index (χ3v) is 5.60. The minimum absolute atomic E-state index is 0.0157. The summed E-state index contributed by atoms with van der Waals surface area (Å²) in [6.07, 6.45) is 6.60. The van der Waals surface area contributed by atoms with E-state index < -0.39 is 0 Å². The fourth-order valence-corrected chi connectivity index (χ4v) is 4.08. The van der Waals surface area contributed by atoms with Crippen molar-refractivity contribution in [3.8, 4) is 5.69 Å². The van der Waals surface area contributed by atoms with Gasteiger partial charge in [0.2, 0.25) is 0 Å². The van der Waals surface area contributed by atoms with Gasteiger partial charge in [0.25, 0.3) is 5.91 Å². The fourth-order valence-electron chi connectivity index (χ4n) is 4.08. The van der Waals surface area contributed by atoms with Gasteiger partial charge in [-0.2, -0.15) is 5.10 Å². The van der Waals surface area contributed by atoms with Gasteiger partial charge in [0, 0.05) is 38.5 Å². The third kappa shape index (κ3) is 3.70. The second-order valence-electron chi connectivity index (χ2n) is 7.60. The first-order chi connectivity index (χ1) is 14.3. The highest BCUT2D eigenvalue weighted by Crippen LogP contribution is 2.28. The Morgan fingerprint density at radius 2 is 2.14 bits per heavy atom. The molecule has 0 spiro atoms. The minimum Gasteiger partial charge on any atom is -0.494 e. The lowest BCUT2D eigenvalue weighted by atomic mass is 10.1. The molecule has 1 atom stereocenters. The van der Waals surface area contributed by atoms with E-state index in [1.807, 2.05) is 46.1 Å². The number of rotatable bonds is 6. The average Bonchev–Trinajstić information content (AvgIpc) is 3.50. The van der Waals surface area contributed by atoms with Crippen molar-refractivity contribution in [2.45, 2.75) is 31.9 Å². The fraction of sp³-hybridized carbons (Fsp3) is 0.409. The van der Waals surface area contributed by atoms with Crippen LogP contribution in [0.3, 0.4) is 0 Å². The predicted octanol–water partition coefficient (Wildman–Crippen LogP) is 2.51. The number of ether oxygens (including phenoxy) is 2. The van der Waals surface area contributed by atoms with E-state index in [1.54, 1.807) is 6.20 Å². The molecule has 0 radical (unpaired) electrons. The first-order valence-electron chi connectivity index (χ1n) is 10.2. The zero-order chi connectivity index (χ0) is 19.6. The lowest BCUT2D eigenvalue weighted by Gasteiger charge is -2.18. The zero-order valence-corrected chi connectivity index (χ0v) is 16.3. The molecule has 2 aromatic rings. The maximum atomic E-state index is 13.1. The van der Waals surface area contributed by atoms with Crippen molar-refractivity contribution in [1.29, 1.82) is 0 Å². The highest BCUT2D eigenvalue weighted by Gasteiger charge is 2.37. The summed E-state index contributed by atoms with van der Waals surface area (Å²) in [6, 6.07) is 10.0. The van der Waals surface area contributed by atoms with E-state index in [0.717, 1.165) is 42.2 Å². The summed E-state index contributed by atoms with van der Waals surface area (Å²) in [7, 11) is 0. The molecule has 0 N–H and O–H groups in total. The molecule has 1 aromatic heterocycles. The number of amides is 1. The molecular weight excluding hydrogens is 368 g/mol. The normalized spacial score (nSPS) is 21.5. The van der Waals surface area contributed by atoms with Gasteiger partial charge in [0.1, 0.15) is 17.9 Å². The van der Waals surface area contributed by atoms with E-state index in [9.17, 15) is 4.79 Å². The SMILES string of the molecule is O=C1C2=C(OCC3CCCO3)CCN=C2CN1Cc1ccc(-n2cccn2)cc1. The Kier molecular flexibility index (Phi) is 4.89. The number of fused-ring (bicyclic) bond motifs is 1. The second kappa shape index (κ2) is 7.83. The van der Waals surface area contributed by atoms with Crippen LogP contribution in [0, 0.1) is 0 Å². The van der Waals surface area contributed by atoms with Crippen LogP contribution in [0.5, 0.6) is 0 Å². The first-order valence-corrected chi connectivity index (χ1v) is 10.2. The number of hydrogen-bond acceptors (Lipinski definition) is 5. The number of dihydropyridines is 1. The van der Waals surface area contributed by atoms with Gasteiger partial charge >= 0.3 is 0 Å². The maximum Gasteiger partial charge on any atom is 0.259 e. The van der Waals surface area contributed by atoms with E-state index >= 15 is 0 Å². The molecule has 5 rings (SSSR count). The predicted molar refractivity (Wildman–Crippen MR) is 108 cm³/mol. The topological polar surface area (TPSA) is 69.0 Å². The van der Waals surface area contributed by atoms with Crippen LogP contribution >= 0.6 is 0 Å². The lowest BCUT2D eigenvalue weighted by molar-refractivity contribution is -0.125.